The number of hydrogen-bond acceptors (Lipinski definition) is 4. The molecule has 1 N–H and O–H groups in total. The van der Waals surface area contributed by atoms with Crippen molar-refractivity contribution in [3.8, 4) is 0 Å². The Morgan fingerprint density at radius 1 is 1.14 bits per heavy atom. The van der Waals surface area contributed by atoms with E-state index in [2.05, 4.69) is 26.2 Å². The van der Waals surface area contributed by atoms with Gasteiger partial charge in [-0.15, -0.1) is 0 Å². The maximum absolute atomic E-state index is 10.7. The van der Waals surface area contributed by atoms with Gasteiger partial charge in [0.2, 0.25) is 0 Å². The monoisotopic (exact) mass is 377 g/mol. The summed E-state index contributed by atoms with van der Waals surface area (Å²) in [5, 5.41) is 15.2. The smallest absolute Gasteiger partial charge is 0.271 e. The second-order valence-electron chi connectivity index (χ2n) is 4.57. The number of non-ortho nitro benzene ring substituents is 1. The summed E-state index contributed by atoms with van der Waals surface area (Å²) in [5.41, 5.74) is 2.21. The number of pyridine rings is 1. The maximum atomic E-state index is 10.7. The number of fused-ring (bicyclic) bond motifs is 1. The van der Waals surface area contributed by atoms with Crippen LogP contribution in [0, 0.1) is 10.1 Å². The van der Waals surface area contributed by atoms with Crippen molar-refractivity contribution in [1.82, 2.24) is 4.98 Å². The largest absolute Gasteiger partial charge is 0.354 e. The third-order valence-corrected chi connectivity index (χ3v) is 3.94. The summed E-state index contributed by atoms with van der Waals surface area (Å²) in [4.78, 5) is 14.6. The molecular weight excluding hydrogens is 370 g/mol. The number of aromatic nitrogens is 1. The quantitative estimate of drug-likeness (QED) is 0.496. The average Bonchev–Trinajstić information content (AvgIpc) is 2.49. The summed E-state index contributed by atoms with van der Waals surface area (Å²) in [6.45, 7) is 0. The zero-order valence-electron chi connectivity index (χ0n) is 11.1. The molecular formula is C15H9BrClN3O2. The molecule has 1 aromatic heterocycles. The molecule has 3 rings (SSSR count). The summed E-state index contributed by atoms with van der Waals surface area (Å²) in [7, 11) is 0. The maximum Gasteiger partial charge on any atom is 0.271 e. The number of nitrogens with zero attached hydrogens (tertiary/aromatic N) is 2. The van der Waals surface area contributed by atoms with Crippen molar-refractivity contribution in [1.29, 1.82) is 0 Å². The van der Waals surface area contributed by atoms with E-state index in [9.17, 15) is 10.1 Å². The minimum atomic E-state index is -0.478. The molecule has 0 radical (unpaired) electrons. The second-order valence-corrected chi connectivity index (χ2v) is 5.89. The molecule has 2 aromatic carbocycles. The molecule has 0 aliphatic rings. The van der Waals surface area contributed by atoms with Crippen molar-refractivity contribution in [2.24, 2.45) is 0 Å². The van der Waals surface area contributed by atoms with E-state index in [1.54, 1.807) is 12.3 Å². The van der Waals surface area contributed by atoms with Gasteiger partial charge < -0.3 is 5.32 Å². The van der Waals surface area contributed by atoms with Crippen LogP contribution in [-0.2, 0) is 0 Å². The van der Waals surface area contributed by atoms with Gasteiger partial charge in [0.15, 0.2) is 0 Å². The van der Waals surface area contributed by atoms with Crippen LogP contribution in [-0.4, -0.2) is 9.91 Å². The Morgan fingerprint density at radius 3 is 2.68 bits per heavy atom. The SMILES string of the molecule is O=[N+]([O-])c1ccc(Nc2ccnc3ccc(Br)cc23)c(Cl)c1. The van der Waals surface area contributed by atoms with Gasteiger partial charge in [-0.3, -0.25) is 15.1 Å². The molecule has 0 aliphatic heterocycles. The molecule has 0 aliphatic carbocycles. The summed E-state index contributed by atoms with van der Waals surface area (Å²) < 4.78 is 0.936. The molecule has 0 bridgehead atoms. The van der Waals surface area contributed by atoms with E-state index >= 15 is 0 Å². The normalized spacial score (nSPS) is 10.6. The summed E-state index contributed by atoms with van der Waals surface area (Å²) in [6.07, 6.45) is 1.69. The highest BCUT2D eigenvalue weighted by atomic mass is 79.9. The van der Waals surface area contributed by atoms with Crippen LogP contribution in [0.1, 0.15) is 0 Å². The Hall–Kier alpha value is -2.18. The van der Waals surface area contributed by atoms with E-state index in [1.807, 2.05) is 24.3 Å². The van der Waals surface area contributed by atoms with Gasteiger partial charge >= 0.3 is 0 Å². The number of anilines is 2. The van der Waals surface area contributed by atoms with E-state index in [4.69, 9.17) is 11.6 Å². The number of nitrogens with one attached hydrogen (secondary N) is 1. The number of halogens is 2. The highest BCUT2D eigenvalue weighted by molar-refractivity contribution is 9.10. The molecule has 0 unspecified atom stereocenters. The first kappa shape index (κ1) is 14.7. The van der Waals surface area contributed by atoms with E-state index in [1.165, 1.54) is 12.1 Å². The first-order chi connectivity index (χ1) is 10.5. The summed E-state index contributed by atoms with van der Waals surface area (Å²) >= 11 is 9.55. The van der Waals surface area contributed by atoms with E-state index in [0.717, 1.165) is 21.1 Å². The lowest BCUT2D eigenvalue weighted by Gasteiger charge is -2.11. The third-order valence-electron chi connectivity index (χ3n) is 3.14. The topological polar surface area (TPSA) is 68.1 Å². The van der Waals surface area contributed by atoms with Crippen LogP contribution in [0.2, 0.25) is 5.02 Å². The van der Waals surface area contributed by atoms with Crippen LogP contribution in [0.4, 0.5) is 17.1 Å². The Bertz CT molecular complexity index is 886. The van der Waals surface area contributed by atoms with Gasteiger partial charge in [-0.1, -0.05) is 27.5 Å². The van der Waals surface area contributed by atoms with Crippen molar-refractivity contribution in [3.63, 3.8) is 0 Å². The fourth-order valence-electron chi connectivity index (χ4n) is 2.09. The number of nitro groups is 1. The molecule has 0 saturated carbocycles. The van der Waals surface area contributed by atoms with Gasteiger partial charge in [-0.05, 0) is 30.3 Å². The fraction of sp³-hybridized carbons (Fsp3) is 0. The van der Waals surface area contributed by atoms with E-state index in [-0.39, 0.29) is 10.7 Å². The van der Waals surface area contributed by atoms with Crippen LogP contribution in [0.3, 0.4) is 0 Å². The van der Waals surface area contributed by atoms with Crippen molar-refractivity contribution < 1.29 is 4.92 Å². The Labute approximate surface area is 139 Å². The number of hydrogen-bond donors (Lipinski definition) is 1. The van der Waals surface area contributed by atoms with Crippen LogP contribution in [0.5, 0.6) is 0 Å². The molecule has 5 nitrogen and oxygen atoms in total. The van der Waals surface area contributed by atoms with Crippen molar-refractivity contribution in [3.05, 3.63) is 68.3 Å². The highest BCUT2D eigenvalue weighted by Crippen LogP contribution is 2.32. The van der Waals surface area contributed by atoms with E-state index < -0.39 is 4.92 Å². The minimum Gasteiger partial charge on any atom is -0.354 e. The zero-order valence-corrected chi connectivity index (χ0v) is 13.4. The molecule has 0 fully saturated rings. The molecule has 0 saturated heterocycles. The van der Waals surface area contributed by atoms with E-state index in [0.29, 0.717) is 5.69 Å². The molecule has 1 heterocycles. The van der Waals surface area contributed by atoms with Crippen LogP contribution in [0.25, 0.3) is 10.9 Å². The zero-order chi connectivity index (χ0) is 15.7. The molecule has 22 heavy (non-hydrogen) atoms. The van der Waals surface area contributed by atoms with Gasteiger partial charge in [-0.25, -0.2) is 0 Å². The third kappa shape index (κ3) is 2.88. The van der Waals surface area contributed by atoms with Crippen molar-refractivity contribution in [2.45, 2.75) is 0 Å². The Morgan fingerprint density at radius 2 is 1.95 bits per heavy atom. The molecule has 110 valence electrons. The van der Waals surface area contributed by atoms with Crippen molar-refractivity contribution >= 4 is 55.5 Å². The molecule has 0 amide bonds. The Balaban J connectivity index is 2.03. The number of rotatable bonds is 3. The predicted molar refractivity (Wildman–Crippen MR) is 90.8 cm³/mol. The second kappa shape index (κ2) is 5.90. The van der Waals surface area contributed by atoms with Crippen molar-refractivity contribution in [2.75, 3.05) is 5.32 Å². The van der Waals surface area contributed by atoms with Crippen LogP contribution >= 0.6 is 27.5 Å². The first-order valence-electron chi connectivity index (χ1n) is 6.30. The molecule has 0 spiro atoms. The lowest BCUT2D eigenvalue weighted by Crippen LogP contribution is -1.95. The molecule has 0 atom stereocenters. The predicted octanol–water partition coefficient (Wildman–Crippen LogP) is 5.30. The summed E-state index contributed by atoms with van der Waals surface area (Å²) in [6, 6.07) is 11.9. The number of nitro benzene ring substituents is 1. The number of benzene rings is 2. The molecule has 7 heteroatoms. The highest BCUT2D eigenvalue weighted by Gasteiger charge is 2.11. The van der Waals surface area contributed by atoms with Gasteiger partial charge in [0.05, 0.1) is 21.2 Å². The Kier molecular flexibility index (Phi) is 3.96. The van der Waals surface area contributed by atoms with Crippen LogP contribution in [0.15, 0.2) is 53.1 Å². The van der Waals surface area contributed by atoms with Gasteiger partial charge in [0.1, 0.15) is 0 Å². The minimum absolute atomic E-state index is 0.0436. The van der Waals surface area contributed by atoms with Gasteiger partial charge in [0, 0.05) is 33.9 Å². The standard InChI is InChI=1S/C15H9BrClN3O2/c16-9-1-3-13-11(7-9)14(5-6-18-13)19-15-4-2-10(20(21)22)8-12(15)17/h1-8H,(H,18,19). The van der Waals surface area contributed by atoms with Gasteiger partial charge in [-0.2, -0.15) is 0 Å². The van der Waals surface area contributed by atoms with Gasteiger partial charge in [0.25, 0.3) is 5.69 Å². The lowest BCUT2D eigenvalue weighted by atomic mass is 10.2. The summed E-state index contributed by atoms with van der Waals surface area (Å²) in [5.74, 6) is 0. The average molecular weight is 379 g/mol. The lowest BCUT2D eigenvalue weighted by molar-refractivity contribution is -0.384. The molecule has 3 aromatic rings. The first-order valence-corrected chi connectivity index (χ1v) is 7.47. The van der Waals surface area contributed by atoms with Crippen LogP contribution < -0.4 is 5.32 Å². The fourth-order valence-corrected chi connectivity index (χ4v) is 2.67.